The Labute approximate surface area is 143 Å². The summed E-state index contributed by atoms with van der Waals surface area (Å²) >= 11 is 0. The van der Waals surface area contributed by atoms with Crippen LogP contribution < -0.4 is 4.90 Å². The summed E-state index contributed by atoms with van der Waals surface area (Å²) in [6.07, 6.45) is 1.91. The van der Waals surface area contributed by atoms with Gasteiger partial charge in [-0.05, 0) is 55.2 Å². The molecule has 126 valence electrons. The molecule has 1 amide bonds. The minimum absolute atomic E-state index is 0.0406. The topological polar surface area (TPSA) is 81.4 Å². The van der Waals surface area contributed by atoms with Crippen molar-refractivity contribution in [1.29, 1.82) is 5.26 Å². The van der Waals surface area contributed by atoms with Gasteiger partial charge in [0, 0.05) is 12.1 Å². The van der Waals surface area contributed by atoms with E-state index in [0.29, 0.717) is 17.7 Å². The molecule has 0 saturated heterocycles. The molecule has 1 N–H and O–H groups in total. The van der Waals surface area contributed by atoms with Crippen LogP contribution in [-0.4, -0.2) is 23.5 Å². The smallest absolute Gasteiger partial charge is 0.338 e. The molecule has 0 radical (unpaired) electrons. The van der Waals surface area contributed by atoms with Gasteiger partial charge in [0.25, 0.3) is 5.91 Å². The SMILES string of the molecule is N#Cc1ccc(C(=O)N(CC2CC2)c2cccc(C(=O)O)c2F)cc1. The van der Waals surface area contributed by atoms with Gasteiger partial charge in [0.1, 0.15) is 0 Å². The van der Waals surface area contributed by atoms with Crippen LogP contribution in [0, 0.1) is 23.1 Å². The van der Waals surface area contributed by atoms with Gasteiger partial charge in [0.2, 0.25) is 0 Å². The third-order valence-corrected chi connectivity index (χ3v) is 4.14. The third-order valence-electron chi connectivity index (χ3n) is 4.14. The van der Waals surface area contributed by atoms with Crippen molar-refractivity contribution in [3.63, 3.8) is 0 Å². The molecule has 0 unspecified atom stereocenters. The largest absolute Gasteiger partial charge is 0.478 e. The van der Waals surface area contributed by atoms with Gasteiger partial charge in [-0.15, -0.1) is 0 Å². The highest BCUT2D eigenvalue weighted by Gasteiger charge is 2.30. The van der Waals surface area contributed by atoms with E-state index < -0.39 is 23.3 Å². The zero-order chi connectivity index (χ0) is 18.0. The second-order valence-electron chi connectivity index (χ2n) is 5.99. The number of carboxylic acid groups (broad SMARTS) is 1. The number of benzene rings is 2. The lowest BCUT2D eigenvalue weighted by atomic mass is 10.1. The first-order valence-electron chi connectivity index (χ1n) is 7.85. The first kappa shape index (κ1) is 16.7. The van der Waals surface area contributed by atoms with E-state index in [-0.39, 0.29) is 11.6 Å². The van der Waals surface area contributed by atoms with Gasteiger partial charge in [-0.25, -0.2) is 9.18 Å². The molecule has 1 aliphatic carbocycles. The summed E-state index contributed by atoms with van der Waals surface area (Å²) in [7, 11) is 0. The molecule has 5 nitrogen and oxygen atoms in total. The number of carboxylic acids is 1. The Morgan fingerprint density at radius 3 is 2.44 bits per heavy atom. The molecular formula is C19H15FN2O3. The van der Waals surface area contributed by atoms with Crippen LogP contribution in [0.4, 0.5) is 10.1 Å². The van der Waals surface area contributed by atoms with Gasteiger partial charge in [-0.1, -0.05) is 6.07 Å². The molecule has 0 atom stereocenters. The fourth-order valence-corrected chi connectivity index (χ4v) is 2.59. The molecule has 0 heterocycles. The first-order valence-corrected chi connectivity index (χ1v) is 7.85. The van der Waals surface area contributed by atoms with Crippen LogP contribution in [0.5, 0.6) is 0 Å². The van der Waals surface area contributed by atoms with Crippen molar-refractivity contribution >= 4 is 17.6 Å². The molecular weight excluding hydrogens is 323 g/mol. The summed E-state index contributed by atoms with van der Waals surface area (Å²) in [6, 6.07) is 12.0. The number of anilines is 1. The zero-order valence-corrected chi connectivity index (χ0v) is 13.3. The van der Waals surface area contributed by atoms with Crippen LogP contribution in [0.15, 0.2) is 42.5 Å². The Morgan fingerprint density at radius 1 is 1.20 bits per heavy atom. The number of carbonyl (C=O) groups is 2. The van der Waals surface area contributed by atoms with Crippen LogP contribution in [0.2, 0.25) is 0 Å². The fourth-order valence-electron chi connectivity index (χ4n) is 2.59. The van der Waals surface area contributed by atoms with E-state index in [1.165, 1.54) is 47.4 Å². The summed E-state index contributed by atoms with van der Waals surface area (Å²) in [5, 5.41) is 18.0. The molecule has 1 aliphatic rings. The van der Waals surface area contributed by atoms with Gasteiger partial charge >= 0.3 is 5.97 Å². The maximum atomic E-state index is 14.6. The number of hydrogen-bond donors (Lipinski definition) is 1. The molecule has 2 aromatic carbocycles. The predicted molar refractivity (Wildman–Crippen MR) is 88.9 cm³/mol. The van der Waals surface area contributed by atoms with Crippen LogP contribution in [0.1, 0.15) is 39.1 Å². The minimum atomic E-state index is -1.38. The molecule has 3 rings (SSSR count). The average Bonchev–Trinajstić information content (AvgIpc) is 3.43. The van der Waals surface area contributed by atoms with Gasteiger partial charge in [0.05, 0.1) is 22.9 Å². The molecule has 1 fully saturated rings. The Kier molecular flexibility index (Phi) is 4.48. The number of nitrogens with zero attached hydrogens (tertiary/aromatic N) is 2. The normalized spacial score (nSPS) is 13.1. The van der Waals surface area contributed by atoms with Crippen molar-refractivity contribution in [1.82, 2.24) is 0 Å². The van der Waals surface area contributed by atoms with E-state index >= 15 is 0 Å². The lowest BCUT2D eigenvalue weighted by Gasteiger charge is -2.24. The monoisotopic (exact) mass is 338 g/mol. The Bertz CT molecular complexity index is 867. The van der Waals surface area contributed by atoms with Crippen LogP contribution >= 0.6 is 0 Å². The van der Waals surface area contributed by atoms with Gasteiger partial charge in [-0.2, -0.15) is 5.26 Å². The average molecular weight is 338 g/mol. The third kappa shape index (κ3) is 3.50. The summed E-state index contributed by atoms with van der Waals surface area (Å²) < 4.78 is 14.6. The van der Waals surface area contributed by atoms with Crippen molar-refractivity contribution in [2.45, 2.75) is 12.8 Å². The van der Waals surface area contributed by atoms with Crippen molar-refractivity contribution in [3.8, 4) is 6.07 Å². The standard InChI is InChI=1S/C19H15FN2O3/c20-17-15(19(24)25)2-1-3-16(17)22(11-13-4-5-13)18(23)14-8-6-12(10-21)7-9-14/h1-3,6-9,13H,4-5,11H2,(H,24,25). The van der Waals surface area contributed by atoms with Crippen LogP contribution in [0.3, 0.4) is 0 Å². The minimum Gasteiger partial charge on any atom is -0.478 e. The number of halogens is 1. The van der Waals surface area contributed by atoms with E-state index in [1.54, 1.807) is 0 Å². The molecule has 2 aromatic rings. The maximum absolute atomic E-state index is 14.6. The molecule has 1 saturated carbocycles. The maximum Gasteiger partial charge on any atom is 0.338 e. The van der Waals surface area contributed by atoms with E-state index in [9.17, 15) is 14.0 Å². The quantitative estimate of drug-likeness (QED) is 0.905. The van der Waals surface area contributed by atoms with Crippen LogP contribution in [0.25, 0.3) is 0 Å². The summed E-state index contributed by atoms with van der Waals surface area (Å²) in [4.78, 5) is 25.3. The second kappa shape index (κ2) is 6.73. The predicted octanol–water partition coefficient (Wildman–Crippen LogP) is 3.45. The number of aromatic carboxylic acids is 1. The van der Waals surface area contributed by atoms with Crippen LogP contribution in [-0.2, 0) is 0 Å². The Morgan fingerprint density at radius 2 is 1.88 bits per heavy atom. The van der Waals surface area contributed by atoms with E-state index in [0.717, 1.165) is 12.8 Å². The fraction of sp³-hybridized carbons (Fsp3) is 0.211. The molecule has 0 aliphatic heterocycles. The number of amides is 1. The lowest BCUT2D eigenvalue weighted by molar-refractivity contribution is 0.0691. The highest BCUT2D eigenvalue weighted by molar-refractivity contribution is 6.06. The van der Waals surface area contributed by atoms with Crippen molar-refractivity contribution in [2.24, 2.45) is 5.92 Å². The van der Waals surface area contributed by atoms with E-state index in [1.807, 2.05) is 6.07 Å². The first-order chi connectivity index (χ1) is 12.0. The second-order valence-corrected chi connectivity index (χ2v) is 5.99. The summed E-state index contributed by atoms with van der Waals surface area (Å²) in [6.45, 7) is 0.332. The van der Waals surface area contributed by atoms with Crippen molar-refractivity contribution in [3.05, 3.63) is 65.0 Å². The number of carbonyl (C=O) groups excluding carboxylic acids is 1. The molecule has 0 spiro atoms. The zero-order valence-electron chi connectivity index (χ0n) is 13.3. The molecule has 0 aromatic heterocycles. The van der Waals surface area contributed by atoms with Crippen molar-refractivity contribution < 1.29 is 19.1 Å². The highest BCUT2D eigenvalue weighted by atomic mass is 19.1. The number of rotatable bonds is 5. The van der Waals surface area contributed by atoms with Gasteiger partial charge in [0.15, 0.2) is 5.82 Å². The van der Waals surface area contributed by atoms with Crippen molar-refractivity contribution in [2.75, 3.05) is 11.4 Å². The molecule has 25 heavy (non-hydrogen) atoms. The number of hydrogen-bond acceptors (Lipinski definition) is 3. The Hall–Kier alpha value is -3.20. The molecule has 6 heteroatoms. The van der Waals surface area contributed by atoms with Gasteiger partial charge in [-0.3, -0.25) is 4.79 Å². The van der Waals surface area contributed by atoms with Gasteiger partial charge < -0.3 is 10.0 Å². The summed E-state index contributed by atoms with van der Waals surface area (Å²) in [5.74, 6) is -2.43. The van der Waals surface area contributed by atoms with E-state index in [2.05, 4.69) is 0 Å². The Balaban J connectivity index is 1.99. The lowest BCUT2D eigenvalue weighted by Crippen LogP contribution is -2.34. The summed E-state index contributed by atoms with van der Waals surface area (Å²) in [5.41, 5.74) is 0.233. The highest BCUT2D eigenvalue weighted by Crippen LogP contribution is 2.33. The molecule has 0 bridgehead atoms. The number of nitriles is 1. The van der Waals surface area contributed by atoms with E-state index in [4.69, 9.17) is 10.4 Å².